The number of rotatable bonds is 9. The maximum Gasteiger partial charge on any atom is 0.233 e. The number of hydrogen-bond donors (Lipinski definition) is 1. The SMILES string of the molecule is COCCNC(=O)[C@H](C)Sc1nnc(N2CCOCC2)n1Cc1ccccc1. The Morgan fingerprint density at radius 1 is 1.29 bits per heavy atom. The molecule has 1 aromatic heterocycles. The lowest BCUT2D eigenvalue weighted by Crippen LogP contribution is -2.38. The van der Waals surface area contributed by atoms with Crippen molar-refractivity contribution in [1.29, 1.82) is 0 Å². The highest BCUT2D eigenvalue weighted by atomic mass is 32.2. The molecule has 2 heterocycles. The van der Waals surface area contributed by atoms with Gasteiger partial charge in [-0.3, -0.25) is 9.36 Å². The number of morpholine rings is 1. The molecule has 1 aliphatic rings. The van der Waals surface area contributed by atoms with Crippen LogP contribution >= 0.6 is 11.8 Å². The Bertz CT molecular complexity index is 749. The molecule has 0 bridgehead atoms. The standard InChI is InChI=1S/C19H27N5O3S/c1-15(17(25)20-8-11-26-2)28-19-22-21-18(23-9-12-27-13-10-23)24(19)14-16-6-4-3-5-7-16/h3-7,15H,8-14H2,1-2H3,(H,20,25)/t15-/m0/s1. The first kappa shape index (κ1) is 20.6. The second-order valence-corrected chi connectivity index (χ2v) is 7.81. The Labute approximate surface area is 169 Å². The van der Waals surface area contributed by atoms with Crippen LogP contribution in [0.15, 0.2) is 35.5 Å². The Hall–Kier alpha value is -2.10. The van der Waals surface area contributed by atoms with Crippen LogP contribution in [0, 0.1) is 0 Å². The topological polar surface area (TPSA) is 81.5 Å². The summed E-state index contributed by atoms with van der Waals surface area (Å²) >= 11 is 1.42. The van der Waals surface area contributed by atoms with Crippen molar-refractivity contribution in [2.45, 2.75) is 23.9 Å². The Balaban J connectivity index is 1.77. The predicted molar refractivity (Wildman–Crippen MR) is 109 cm³/mol. The average molecular weight is 406 g/mol. The quantitative estimate of drug-likeness (QED) is 0.499. The van der Waals surface area contributed by atoms with E-state index in [2.05, 4.69) is 37.1 Å². The van der Waals surface area contributed by atoms with Crippen LogP contribution in [0.3, 0.4) is 0 Å². The lowest BCUT2D eigenvalue weighted by atomic mass is 10.2. The van der Waals surface area contributed by atoms with Crippen molar-refractivity contribution in [3.05, 3.63) is 35.9 Å². The van der Waals surface area contributed by atoms with Gasteiger partial charge in [-0.1, -0.05) is 42.1 Å². The summed E-state index contributed by atoms with van der Waals surface area (Å²) in [6, 6.07) is 10.2. The number of anilines is 1. The second-order valence-electron chi connectivity index (χ2n) is 6.50. The third-order valence-electron chi connectivity index (χ3n) is 4.43. The monoisotopic (exact) mass is 405 g/mol. The van der Waals surface area contributed by atoms with Crippen molar-refractivity contribution in [2.24, 2.45) is 0 Å². The molecular formula is C19H27N5O3S. The van der Waals surface area contributed by atoms with Crippen molar-refractivity contribution in [3.8, 4) is 0 Å². The fraction of sp³-hybridized carbons (Fsp3) is 0.526. The Morgan fingerprint density at radius 2 is 2.04 bits per heavy atom. The number of methoxy groups -OCH3 is 1. The molecule has 1 amide bonds. The van der Waals surface area contributed by atoms with Crippen LogP contribution in [-0.2, 0) is 20.8 Å². The summed E-state index contributed by atoms with van der Waals surface area (Å²) in [7, 11) is 1.61. The molecule has 9 heteroatoms. The number of amides is 1. The maximum atomic E-state index is 12.3. The van der Waals surface area contributed by atoms with Gasteiger partial charge in [0.1, 0.15) is 0 Å². The van der Waals surface area contributed by atoms with Gasteiger partial charge in [-0.25, -0.2) is 0 Å². The lowest BCUT2D eigenvalue weighted by Gasteiger charge is -2.28. The molecule has 1 atom stereocenters. The summed E-state index contributed by atoms with van der Waals surface area (Å²) in [5, 5.41) is 12.2. The second kappa shape index (κ2) is 10.4. The van der Waals surface area contributed by atoms with Gasteiger partial charge >= 0.3 is 0 Å². The highest BCUT2D eigenvalue weighted by Gasteiger charge is 2.24. The average Bonchev–Trinajstić information content (AvgIpc) is 3.11. The highest BCUT2D eigenvalue weighted by Crippen LogP contribution is 2.27. The van der Waals surface area contributed by atoms with Crippen molar-refractivity contribution < 1.29 is 14.3 Å². The molecule has 1 N–H and O–H groups in total. The zero-order valence-corrected chi connectivity index (χ0v) is 17.2. The van der Waals surface area contributed by atoms with E-state index in [-0.39, 0.29) is 11.2 Å². The van der Waals surface area contributed by atoms with E-state index in [0.717, 1.165) is 29.8 Å². The predicted octanol–water partition coefficient (Wildman–Crippen LogP) is 1.41. The molecule has 0 saturated carbocycles. The van der Waals surface area contributed by atoms with Crippen LogP contribution in [0.2, 0.25) is 0 Å². The number of hydrogen-bond acceptors (Lipinski definition) is 7. The van der Waals surface area contributed by atoms with Gasteiger partial charge in [0, 0.05) is 26.7 Å². The number of ether oxygens (including phenoxy) is 2. The molecule has 1 saturated heterocycles. The molecule has 0 unspecified atom stereocenters. The summed E-state index contributed by atoms with van der Waals surface area (Å²) in [6.07, 6.45) is 0. The molecule has 8 nitrogen and oxygen atoms in total. The van der Waals surface area contributed by atoms with Gasteiger partial charge in [0.25, 0.3) is 0 Å². The van der Waals surface area contributed by atoms with Crippen molar-refractivity contribution in [1.82, 2.24) is 20.1 Å². The van der Waals surface area contributed by atoms with Crippen molar-refractivity contribution in [3.63, 3.8) is 0 Å². The molecule has 0 spiro atoms. The van der Waals surface area contributed by atoms with Gasteiger partial charge in [0.2, 0.25) is 11.9 Å². The first-order valence-corrected chi connectivity index (χ1v) is 10.3. The van der Waals surface area contributed by atoms with Gasteiger partial charge in [0.05, 0.1) is 31.6 Å². The lowest BCUT2D eigenvalue weighted by molar-refractivity contribution is -0.120. The van der Waals surface area contributed by atoms with E-state index in [1.54, 1.807) is 7.11 Å². The van der Waals surface area contributed by atoms with Crippen molar-refractivity contribution >= 4 is 23.6 Å². The molecule has 0 aliphatic carbocycles. The molecule has 28 heavy (non-hydrogen) atoms. The number of thioether (sulfide) groups is 1. The summed E-state index contributed by atoms with van der Waals surface area (Å²) < 4.78 is 12.5. The van der Waals surface area contributed by atoms with Gasteiger partial charge in [-0.15, -0.1) is 10.2 Å². The Morgan fingerprint density at radius 3 is 2.75 bits per heavy atom. The van der Waals surface area contributed by atoms with Gasteiger partial charge in [0.15, 0.2) is 5.16 Å². The number of nitrogens with zero attached hydrogens (tertiary/aromatic N) is 4. The van der Waals surface area contributed by atoms with E-state index in [1.165, 1.54) is 11.8 Å². The fourth-order valence-electron chi connectivity index (χ4n) is 2.90. The molecule has 152 valence electrons. The Kier molecular flexibility index (Phi) is 7.70. The zero-order chi connectivity index (χ0) is 19.8. The minimum atomic E-state index is -0.284. The maximum absolute atomic E-state index is 12.3. The van der Waals surface area contributed by atoms with Crippen LogP contribution in [0.4, 0.5) is 5.95 Å². The van der Waals surface area contributed by atoms with E-state index >= 15 is 0 Å². The van der Waals surface area contributed by atoms with Crippen LogP contribution in [0.1, 0.15) is 12.5 Å². The molecule has 2 aromatic rings. The number of carbonyl (C=O) groups is 1. The van der Waals surface area contributed by atoms with Crippen LogP contribution < -0.4 is 10.2 Å². The molecule has 1 aliphatic heterocycles. The normalized spacial score (nSPS) is 15.4. The number of nitrogens with one attached hydrogen (secondary N) is 1. The summed E-state index contributed by atoms with van der Waals surface area (Å²) in [6.45, 7) is 6.45. The van der Waals surface area contributed by atoms with E-state index in [9.17, 15) is 4.79 Å². The highest BCUT2D eigenvalue weighted by molar-refractivity contribution is 8.00. The molecular weight excluding hydrogens is 378 g/mol. The van der Waals surface area contributed by atoms with Crippen molar-refractivity contribution in [2.75, 3.05) is 51.5 Å². The van der Waals surface area contributed by atoms with Crippen LogP contribution in [-0.4, -0.2) is 72.5 Å². The molecule has 0 radical (unpaired) electrons. The van der Waals surface area contributed by atoms with Crippen LogP contribution in [0.25, 0.3) is 0 Å². The number of aromatic nitrogens is 3. The molecule has 3 rings (SSSR count). The smallest absolute Gasteiger partial charge is 0.233 e. The minimum Gasteiger partial charge on any atom is -0.383 e. The van der Waals surface area contributed by atoms with E-state index < -0.39 is 0 Å². The van der Waals surface area contributed by atoms with Gasteiger partial charge < -0.3 is 19.7 Å². The van der Waals surface area contributed by atoms with E-state index in [1.807, 2.05) is 25.1 Å². The summed E-state index contributed by atoms with van der Waals surface area (Å²) in [5.41, 5.74) is 1.16. The van der Waals surface area contributed by atoms with Crippen LogP contribution in [0.5, 0.6) is 0 Å². The first-order chi connectivity index (χ1) is 13.7. The first-order valence-electron chi connectivity index (χ1n) is 9.42. The van der Waals surface area contributed by atoms with E-state index in [4.69, 9.17) is 9.47 Å². The fourth-order valence-corrected chi connectivity index (χ4v) is 3.77. The third-order valence-corrected chi connectivity index (χ3v) is 5.51. The van der Waals surface area contributed by atoms with Gasteiger partial charge in [-0.2, -0.15) is 0 Å². The summed E-state index contributed by atoms with van der Waals surface area (Å²) in [4.78, 5) is 14.5. The number of benzene rings is 1. The number of carbonyl (C=O) groups excluding carboxylic acids is 1. The molecule has 1 fully saturated rings. The largest absolute Gasteiger partial charge is 0.383 e. The zero-order valence-electron chi connectivity index (χ0n) is 16.3. The van der Waals surface area contributed by atoms with E-state index in [0.29, 0.717) is 32.9 Å². The molecule has 1 aromatic carbocycles. The minimum absolute atomic E-state index is 0.0377. The van der Waals surface area contributed by atoms with Gasteiger partial charge in [-0.05, 0) is 12.5 Å². The summed E-state index contributed by atoms with van der Waals surface area (Å²) in [5.74, 6) is 0.783. The third kappa shape index (κ3) is 5.46.